The molecule has 0 N–H and O–H groups in total. The standard InChI is InChI=1S/C22H33BrN2O2/c1-22(2,3)27-21(26)25(19-9-5-4-6-10-19)16-17-11-12-18(23)15-20(17)24-13-7-8-14-24/h11-12,15,19H,4-10,13-14,16H2,1-3H3. The monoisotopic (exact) mass is 436 g/mol. The Kier molecular flexibility index (Phi) is 6.72. The lowest BCUT2D eigenvalue weighted by Crippen LogP contribution is -2.44. The molecule has 1 aliphatic carbocycles. The molecule has 1 heterocycles. The van der Waals surface area contributed by atoms with Crippen LogP contribution >= 0.6 is 15.9 Å². The largest absolute Gasteiger partial charge is 0.444 e. The van der Waals surface area contributed by atoms with Gasteiger partial charge in [-0.25, -0.2) is 4.79 Å². The zero-order valence-electron chi connectivity index (χ0n) is 17.0. The van der Waals surface area contributed by atoms with Crippen molar-refractivity contribution >= 4 is 27.7 Å². The number of carbonyl (C=O) groups excluding carboxylic acids is 1. The number of anilines is 1. The fourth-order valence-corrected chi connectivity index (χ4v) is 4.51. The second-order valence-electron chi connectivity index (χ2n) is 8.87. The molecule has 0 atom stereocenters. The third-order valence-corrected chi connectivity index (χ3v) is 5.97. The molecule has 2 aliphatic rings. The zero-order chi connectivity index (χ0) is 19.4. The summed E-state index contributed by atoms with van der Waals surface area (Å²) in [6, 6.07) is 6.74. The molecule has 2 fully saturated rings. The Labute approximate surface area is 172 Å². The van der Waals surface area contributed by atoms with E-state index in [9.17, 15) is 4.79 Å². The predicted octanol–water partition coefficient (Wildman–Crippen LogP) is 6.12. The van der Waals surface area contributed by atoms with Crippen LogP contribution in [0, 0.1) is 0 Å². The maximum Gasteiger partial charge on any atom is 0.410 e. The number of carbonyl (C=O) groups is 1. The fourth-order valence-electron chi connectivity index (χ4n) is 4.16. The first kappa shape index (κ1) is 20.5. The summed E-state index contributed by atoms with van der Waals surface area (Å²) in [7, 11) is 0. The van der Waals surface area contributed by atoms with E-state index in [1.807, 2.05) is 25.7 Å². The molecular formula is C22H33BrN2O2. The normalized spacial score (nSPS) is 18.6. The first-order valence-electron chi connectivity index (χ1n) is 10.4. The van der Waals surface area contributed by atoms with Gasteiger partial charge in [0, 0.05) is 29.3 Å². The van der Waals surface area contributed by atoms with Gasteiger partial charge in [0.1, 0.15) is 5.60 Å². The van der Waals surface area contributed by atoms with Crippen molar-refractivity contribution < 1.29 is 9.53 Å². The summed E-state index contributed by atoms with van der Waals surface area (Å²) >= 11 is 3.62. The Bertz CT molecular complexity index is 644. The molecule has 1 aromatic rings. The van der Waals surface area contributed by atoms with E-state index >= 15 is 0 Å². The summed E-state index contributed by atoms with van der Waals surface area (Å²) in [5.74, 6) is 0. The summed E-state index contributed by atoms with van der Waals surface area (Å²) in [6.07, 6.45) is 8.13. The summed E-state index contributed by atoms with van der Waals surface area (Å²) in [4.78, 5) is 17.5. The molecule has 150 valence electrons. The number of hydrogen-bond donors (Lipinski definition) is 0. The Balaban J connectivity index is 1.85. The van der Waals surface area contributed by atoms with Gasteiger partial charge in [-0.1, -0.05) is 41.3 Å². The average Bonchev–Trinajstić information content (AvgIpc) is 3.14. The van der Waals surface area contributed by atoms with E-state index in [0.717, 1.165) is 30.4 Å². The van der Waals surface area contributed by atoms with Gasteiger partial charge >= 0.3 is 6.09 Å². The SMILES string of the molecule is CC(C)(C)OC(=O)N(Cc1ccc(Br)cc1N1CCCC1)C1CCCCC1. The first-order chi connectivity index (χ1) is 12.8. The highest BCUT2D eigenvalue weighted by molar-refractivity contribution is 9.10. The van der Waals surface area contributed by atoms with Crippen molar-refractivity contribution in [2.75, 3.05) is 18.0 Å². The lowest BCUT2D eigenvalue weighted by atomic mass is 9.94. The van der Waals surface area contributed by atoms with Gasteiger partial charge in [0.05, 0.1) is 6.54 Å². The third-order valence-electron chi connectivity index (χ3n) is 5.48. The van der Waals surface area contributed by atoms with Crippen LogP contribution in [0.2, 0.25) is 0 Å². The molecule has 0 aromatic heterocycles. The van der Waals surface area contributed by atoms with Crippen LogP contribution in [0.4, 0.5) is 10.5 Å². The number of hydrogen-bond acceptors (Lipinski definition) is 3. The molecule has 3 rings (SSSR count). The number of ether oxygens (including phenoxy) is 1. The van der Waals surface area contributed by atoms with Crippen LogP contribution in [-0.4, -0.2) is 35.7 Å². The molecule has 0 radical (unpaired) electrons. The first-order valence-corrected chi connectivity index (χ1v) is 11.2. The lowest BCUT2D eigenvalue weighted by molar-refractivity contribution is 0.00992. The predicted molar refractivity (Wildman–Crippen MR) is 114 cm³/mol. The summed E-state index contributed by atoms with van der Waals surface area (Å²) < 4.78 is 6.87. The van der Waals surface area contributed by atoms with Crippen molar-refractivity contribution in [3.63, 3.8) is 0 Å². The molecule has 0 bridgehead atoms. The van der Waals surface area contributed by atoms with Crippen LogP contribution in [0.5, 0.6) is 0 Å². The minimum Gasteiger partial charge on any atom is -0.444 e. The smallest absolute Gasteiger partial charge is 0.410 e. The maximum atomic E-state index is 13.0. The van der Waals surface area contributed by atoms with Crippen molar-refractivity contribution in [1.82, 2.24) is 4.90 Å². The van der Waals surface area contributed by atoms with Gasteiger partial charge in [-0.2, -0.15) is 0 Å². The second-order valence-corrected chi connectivity index (χ2v) is 9.78. The molecule has 27 heavy (non-hydrogen) atoms. The molecule has 1 aliphatic heterocycles. The van der Waals surface area contributed by atoms with E-state index in [4.69, 9.17) is 4.74 Å². The van der Waals surface area contributed by atoms with Crippen LogP contribution in [0.3, 0.4) is 0 Å². The van der Waals surface area contributed by atoms with E-state index in [1.165, 1.54) is 43.4 Å². The van der Waals surface area contributed by atoms with E-state index in [1.54, 1.807) is 0 Å². The van der Waals surface area contributed by atoms with Gasteiger partial charge < -0.3 is 14.5 Å². The molecule has 4 nitrogen and oxygen atoms in total. The van der Waals surface area contributed by atoms with Crippen LogP contribution in [0.25, 0.3) is 0 Å². The highest BCUT2D eigenvalue weighted by atomic mass is 79.9. The van der Waals surface area contributed by atoms with Crippen molar-refractivity contribution in [2.24, 2.45) is 0 Å². The van der Waals surface area contributed by atoms with Gasteiger partial charge in [-0.3, -0.25) is 0 Å². The second kappa shape index (κ2) is 8.85. The van der Waals surface area contributed by atoms with Crippen LogP contribution < -0.4 is 4.90 Å². The number of nitrogens with zero attached hydrogens (tertiary/aromatic N) is 2. The minimum atomic E-state index is -0.471. The number of rotatable bonds is 4. The molecule has 1 aromatic carbocycles. The Hall–Kier alpha value is -1.23. The van der Waals surface area contributed by atoms with Crippen molar-refractivity contribution in [1.29, 1.82) is 0 Å². The third kappa shape index (κ3) is 5.63. The molecule has 5 heteroatoms. The highest BCUT2D eigenvalue weighted by Crippen LogP contribution is 2.32. The molecule has 1 amide bonds. The summed E-state index contributed by atoms with van der Waals surface area (Å²) in [5, 5.41) is 0. The Morgan fingerprint density at radius 3 is 2.44 bits per heavy atom. The van der Waals surface area contributed by atoms with Crippen LogP contribution in [0.1, 0.15) is 71.3 Å². The molecular weight excluding hydrogens is 404 g/mol. The molecule has 1 saturated heterocycles. The number of amides is 1. The van der Waals surface area contributed by atoms with Crippen molar-refractivity contribution in [3.8, 4) is 0 Å². The summed E-state index contributed by atoms with van der Waals surface area (Å²) in [6.45, 7) is 8.65. The van der Waals surface area contributed by atoms with Gasteiger partial charge in [0.2, 0.25) is 0 Å². The van der Waals surface area contributed by atoms with E-state index in [-0.39, 0.29) is 12.1 Å². The van der Waals surface area contributed by atoms with E-state index in [0.29, 0.717) is 6.54 Å². The highest BCUT2D eigenvalue weighted by Gasteiger charge is 2.30. The topological polar surface area (TPSA) is 32.8 Å². The van der Waals surface area contributed by atoms with Gasteiger partial charge in [0.25, 0.3) is 0 Å². The summed E-state index contributed by atoms with van der Waals surface area (Å²) in [5.41, 5.74) is 2.00. The average molecular weight is 437 g/mol. The Morgan fingerprint density at radius 1 is 1.15 bits per heavy atom. The fraction of sp³-hybridized carbons (Fsp3) is 0.682. The van der Waals surface area contributed by atoms with E-state index in [2.05, 4.69) is 39.0 Å². The van der Waals surface area contributed by atoms with Gasteiger partial charge in [-0.05, 0) is 64.2 Å². The van der Waals surface area contributed by atoms with Crippen molar-refractivity contribution in [3.05, 3.63) is 28.2 Å². The molecule has 0 spiro atoms. The number of halogens is 1. The lowest BCUT2D eigenvalue weighted by Gasteiger charge is -2.36. The molecule has 0 unspecified atom stereocenters. The maximum absolute atomic E-state index is 13.0. The zero-order valence-corrected chi connectivity index (χ0v) is 18.6. The Morgan fingerprint density at radius 2 is 1.81 bits per heavy atom. The van der Waals surface area contributed by atoms with Gasteiger partial charge in [-0.15, -0.1) is 0 Å². The number of benzene rings is 1. The van der Waals surface area contributed by atoms with Crippen molar-refractivity contribution in [2.45, 2.75) is 83.9 Å². The van der Waals surface area contributed by atoms with E-state index < -0.39 is 5.60 Å². The van der Waals surface area contributed by atoms with Crippen LogP contribution in [-0.2, 0) is 11.3 Å². The van der Waals surface area contributed by atoms with Crippen LogP contribution in [0.15, 0.2) is 22.7 Å². The molecule has 1 saturated carbocycles. The minimum absolute atomic E-state index is 0.176. The quantitative estimate of drug-likeness (QED) is 0.569. The van der Waals surface area contributed by atoms with Gasteiger partial charge in [0.15, 0.2) is 0 Å².